The van der Waals surface area contributed by atoms with Crippen LogP contribution < -0.4 is 4.74 Å². The summed E-state index contributed by atoms with van der Waals surface area (Å²) in [5.41, 5.74) is 0.00783. The maximum Gasteiger partial charge on any atom is 0.410 e. The Morgan fingerprint density at radius 1 is 1.32 bits per heavy atom. The van der Waals surface area contributed by atoms with E-state index in [1.165, 1.54) is 13.2 Å². The highest BCUT2D eigenvalue weighted by Gasteiger charge is 2.37. The van der Waals surface area contributed by atoms with Gasteiger partial charge in [-0.2, -0.15) is 5.26 Å². The van der Waals surface area contributed by atoms with Crippen molar-refractivity contribution in [2.45, 2.75) is 38.5 Å². The van der Waals surface area contributed by atoms with Crippen molar-refractivity contribution in [3.05, 3.63) is 29.1 Å². The summed E-state index contributed by atoms with van der Waals surface area (Å²) in [6, 6.07) is 4.89. The number of fused-ring (bicyclic) bond motifs is 1. The van der Waals surface area contributed by atoms with Gasteiger partial charge in [0.1, 0.15) is 28.8 Å². The number of rotatable bonds is 2. The van der Waals surface area contributed by atoms with Crippen LogP contribution >= 0.6 is 0 Å². The Hall–Kier alpha value is -2.37. The molecule has 2 atom stereocenters. The van der Waals surface area contributed by atoms with Crippen molar-refractivity contribution in [3.8, 4) is 11.8 Å². The Morgan fingerprint density at radius 3 is 2.71 bits per heavy atom. The normalized spacial score (nSPS) is 22.9. The molecule has 0 radical (unpaired) electrons. The summed E-state index contributed by atoms with van der Waals surface area (Å²) in [5.74, 6) is -0.407. The molecule has 2 fully saturated rings. The van der Waals surface area contributed by atoms with E-state index >= 15 is 0 Å². The number of carbonyl (C=O) groups is 1. The minimum Gasteiger partial charge on any atom is -0.495 e. The van der Waals surface area contributed by atoms with Crippen LogP contribution in [0.4, 0.5) is 9.18 Å². The second-order valence-electron chi connectivity index (χ2n) is 8.09. The first-order valence-electron chi connectivity index (χ1n) is 9.33. The number of amides is 1. The minimum absolute atomic E-state index is 0.0719. The maximum absolute atomic E-state index is 14.2. The van der Waals surface area contributed by atoms with Gasteiger partial charge < -0.3 is 19.1 Å². The Labute approximate surface area is 164 Å². The van der Waals surface area contributed by atoms with Gasteiger partial charge in [0.15, 0.2) is 0 Å². The van der Waals surface area contributed by atoms with E-state index in [-0.39, 0.29) is 29.6 Å². The summed E-state index contributed by atoms with van der Waals surface area (Å²) in [6.07, 6.45) is -0.631. The van der Waals surface area contributed by atoms with Gasteiger partial charge in [0.05, 0.1) is 25.9 Å². The molecule has 0 bridgehead atoms. The van der Waals surface area contributed by atoms with Gasteiger partial charge in [-0.3, -0.25) is 4.90 Å². The van der Waals surface area contributed by atoms with E-state index in [4.69, 9.17) is 19.5 Å². The minimum atomic E-state index is -0.614. The molecule has 0 N–H and O–H groups in total. The van der Waals surface area contributed by atoms with E-state index < -0.39 is 11.4 Å². The Morgan fingerprint density at radius 2 is 2.07 bits per heavy atom. The zero-order valence-corrected chi connectivity index (χ0v) is 16.7. The number of hydrogen-bond acceptors (Lipinski definition) is 6. The van der Waals surface area contributed by atoms with E-state index in [2.05, 4.69) is 4.90 Å². The lowest BCUT2D eigenvalue weighted by Gasteiger charge is -2.46. The molecule has 0 spiro atoms. The number of methoxy groups -OCH3 is 1. The lowest BCUT2D eigenvalue weighted by atomic mass is 10.0. The van der Waals surface area contributed by atoms with Gasteiger partial charge in [-0.1, -0.05) is 0 Å². The highest BCUT2D eigenvalue weighted by Crippen LogP contribution is 2.32. The Kier molecular flexibility index (Phi) is 5.77. The van der Waals surface area contributed by atoms with Crippen molar-refractivity contribution in [2.24, 2.45) is 0 Å². The molecule has 28 heavy (non-hydrogen) atoms. The van der Waals surface area contributed by atoms with Gasteiger partial charge in [0, 0.05) is 26.2 Å². The van der Waals surface area contributed by atoms with Crippen molar-refractivity contribution in [3.63, 3.8) is 0 Å². The van der Waals surface area contributed by atoms with Crippen LogP contribution in [0.3, 0.4) is 0 Å². The summed E-state index contributed by atoms with van der Waals surface area (Å²) >= 11 is 0. The molecule has 0 unspecified atom stereocenters. The topological polar surface area (TPSA) is 75.0 Å². The molecule has 1 aromatic rings. The summed E-state index contributed by atoms with van der Waals surface area (Å²) in [7, 11) is 1.41. The summed E-state index contributed by atoms with van der Waals surface area (Å²) in [6.45, 7) is 8.35. The zero-order chi connectivity index (χ0) is 20.5. The summed E-state index contributed by atoms with van der Waals surface area (Å²) in [4.78, 5) is 16.3. The highest BCUT2D eigenvalue weighted by molar-refractivity contribution is 5.68. The fraction of sp³-hybridized carbons (Fsp3) is 0.600. The van der Waals surface area contributed by atoms with Crippen LogP contribution in [0.1, 0.15) is 38.0 Å². The summed E-state index contributed by atoms with van der Waals surface area (Å²) in [5, 5.41) is 9.07. The Bertz CT molecular complexity index is 787. The zero-order valence-electron chi connectivity index (χ0n) is 16.7. The number of nitrogens with zero attached hydrogens (tertiary/aromatic N) is 3. The van der Waals surface area contributed by atoms with Crippen LogP contribution in [0, 0.1) is 17.1 Å². The van der Waals surface area contributed by atoms with Gasteiger partial charge >= 0.3 is 6.09 Å². The molecule has 3 rings (SSSR count). The summed E-state index contributed by atoms with van der Waals surface area (Å²) < 4.78 is 30.8. The molecular weight excluding hydrogens is 365 g/mol. The molecule has 1 aromatic carbocycles. The van der Waals surface area contributed by atoms with Crippen LogP contribution in [-0.2, 0) is 9.47 Å². The van der Waals surface area contributed by atoms with Crippen LogP contribution in [-0.4, -0.2) is 67.4 Å². The quantitative estimate of drug-likeness (QED) is 0.772. The monoisotopic (exact) mass is 391 g/mol. The van der Waals surface area contributed by atoms with Crippen molar-refractivity contribution < 1.29 is 23.4 Å². The molecule has 0 aromatic heterocycles. The smallest absolute Gasteiger partial charge is 0.410 e. The van der Waals surface area contributed by atoms with Crippen LogP contribution in [0.15, 0.2) is 12.1 Å². The van der Waals surface area contributed by atoms with Crippen molar-refractivity contribution >= 4 is 6.09 Å². The molecule has 0 aliphatic carbocycles. The molecule has 2 aliphatic heterocycles. The predicted molar refractivity (Wildman–Crippen MR) is 99.5 cm³/mol. The number of hydrogen-bond donors (Lipinski definition) is 0. The van der Waals surface area contributed by atoms with Crippen LogP contribution in [0.5, 0.6) is 5.75 Å². The second kappa shape index (κ2) is 7.94. The van der Waals surface area contributed by atoms with Gasteiger partial charge in [0.2, 0.25) is 0 Å². The van der Waals surface area contributed by atoms with Crippen molar-refractivity contribution in [1.29, 1.82) is 5.26 Å². The fourth-order valence-electron chi connectivity index (χ4n) is 3.54. The number of morpholine rings is 1. The lowest BCUT2D eigenvalue weighted by molar-refractivity contribution is -0.0907. The molecule has 2 aliphatic rings. The van der Waals surface area contributed by atoms with Gasteiger partial charge in [-0.05, 0) is 38.5 Å². The Balaban J connectivity index is 1.67. The van der Waals surface area contributed by atoms with E-state index in [9.17, 15) is 9.18 Å². The second-order valence-corrected chi connectivity index (χ2v) is 8.09. The van der Waals surface area contributed by atoms with Gasteiger partial charge in [-0.25, -0.2) is 9.18 Å². The number of piperazine rings is 1. The standard InChI is InChI=1S/C20H26FN3O4/c1-20(2,3)28-19(25)24-6-5-23-11-18(27-12-14(23)10-24)13-7-16(21)15(9-22)17(8-13)26-4/h7-8,14,18H,5-6,10-12H2,1-4H3/t14-,18+/m0/s1. The average Bonchev–Trinajstić information content (AvgIpc) is 2.65. The van der Waals surface area contributed by atoms with Crippen molar-refractivity contribution in [2.75, 3.05) is 39.9 Å². The van der Waals surface area contributed by atoms with E-state index in [0.29, 0.717) is 38.3 Å². The van der Waals surface area contributed by atoms with E-state index in [1.807, 2.05) is 26.8 Å². The third-order valence-corrected chi connectivity index (χ3v) is 4.93. The van der Waals surface area contributed by atoms with E-state index in [0.717, 1.165) is 0 Å². The third kappa shape index (κ3) is 4.37. The van der Waals surface area contributed by atoms with Crippen molar-refractivity contribution in [1.82, 2.24) is 9.80 Å². The first-order chi connectivity index (χ1) is 13.2. The lowest BCUT2D eigenvalue weighted by Crippen LogP contribution is -2.60. The number of benzene rings is 1. The highest BCUT2D eigenvalue weighted by atomic mass is 19.1. The molecule has 1 amide bonds. The first kappa shape index (κ1) is 20.4. The van der Waals surface area contributed by atoms with Crippen LogP contribution in [0.2, 0.25) is 0 Å². The van der Waals surface area contributed by atoms with Gasteiger partial charge in [0.25, 0.3) is 0 Å². The fourth-order valence-corrected chi connectivity index (χ4v) is 3.54. The number of ether oxygens (including phenoxy) is 3. The molecule has 7 nitrogen and oxygen atoms in total. The molecule has 0 saturated carbocycles. The third-order valence-electron chi connectivity index (χ3n) is 4.93. The largest absolute Gasteiger partial charge is 0.495 e. The molecule has 2 saturated heterocycles. The molecule has 152 valence electrons. The first-order valence-corrected chi connectivity index (χ1v) is 9.33. The maximum atomic E-state index is 14.2. The SMILES string of the molecule is COc1cc([C@H]2CN3CCN(C(=O)OC(C)(C)C)C[C@H]3CO2)cc(F)c1C#N. The van der Waals surface area contributed by atoms with Gasteiger partial charge in [-0.15, -0.1) is 0 Å². The predicted octanol–water partition coefficient (Wildman–Crippen LogP) is 2.70. The number of nitriles is 1. The average molecular weight is 391 g/mol. The van der Waals surface area contributed by atoms with E-state index in [1.54, 1.807) is 11.0 Å². The molecular formula is C20H26FN3O4. The number of halogens is 1. The molecule has 2 heterocycles. The number of carbonyl (C=O) groups excluding carboxylic acids is 1. The van der Waals surface area contributed by atoms with Crippen LogP contribution in [0.25, 0.3) is 0 Å². The molecule has 8 heteroatoms.